The van der Waals surface area contributed by atoms with Crippen LogP contribution in [0.15, 0.2) is 42.5 Å². The van der Waals surface area contributed by atoms with E-state index < -0.39 is 11.6 Å². The first-order valence-corrected chi connectivity index (χ1v) is 8.68. The number of ether oxygens (including phenoxy) is 1. The standard InChI is InChI=1S/C20H20F2N2O3/c1-27-18-6-3-2-5-15(18)20(26)24-10-4-9-23(11-12-24)19(25)14-7-8-16(21)17(22)13-14/h2-3,5-8,13H,4,9-12H2,1H3. The number of carbonyl (C=O) groups is 2. The predicted octanol–water partition coefficient (Wildman–Crippen LogP) is 2.96. The number of hydrogen-bond acceptors (Lipinski definition) is 3. The highest BCUT2D eigenvalue weighted by molar-refractivity contribution is 5.97. The lowest BCUT2D eigenvalue weighted by Gasteiger charge is -2.23. The maximum atomic E-state index is 13.4. The van der Waals surface area contributed by atoms with Crippen LogP contribution in [0.1, 0.15) is 27.1 Å². The van der Waals surface area contributed by atoms with Gasteiger partial charge in [-0.25, -0.2) is 8.78 Å². The predicted molar refractivity (Wildman–Crippen MR) is 95.8 cm³/mol. The van der Waals surface area contributed by atoms with E-state index in [1.807, 2.05) is 0 Å². The Morgan fingerprint density at radius 2 is 1.56 bits per heavy atom. The monoisotopic (exact) mass is 374 g/mol. The van der Waals surface area contributed by atoms with Crippen molar-refractivity contribution in [1.29, 1.82) is 0 Å². The van der Waals surface area contributed by atoms with E-state index in [1.165, 1.54) is 13.2 Å². The van der Waals surface area contributed by atoms with Gasteiger partial charge in [-0.15, -0.1) is 0 Å². The number of benzene rings is 2. The van der Waals surface area contributed by atoms with Crippen molar-refractivity contribution in [1.82, 2.24) is 9.80 Å². The summed E-state index contributed by atoms with van der Waals surface area (Å²) >= 11 is 0. The molecule has 1 fully saturated rings. The smallest absolute Gasteiger partial charge is 0.257 e. The molecule has 1 aliphatic rings. The summed E-state index contributed by atoms with van der Waals surface area (Å²) in [5.74, 6) is -2.07. The van der Waals surface area contributed by atoms with Gasteiger partial charge in [0.2, 0.25) is 0 Å². The number of para-hydroxylation sites is 1. The van der Waals surface area contributed by atoms with E-state index in [0.29, 0.717) is 43.9 Å². The molecule has 142 valence electrons. The minimum absolute atomic E-state index is 0.0957. The van der Waals surface area contributed by atoms with Crippen LogP contribution in [0.25, 0.3) is 0 Å². The number of amides is 2. The molecule has 1 saturated heterocycles. The molecule has 1 heterocycles. The van der Waals surface area contributed by atoms with Gasteiger partial charge < -0.3 is 14.5 Å². The number of methoxy groups -OCH3 is 1. The summed E-state index contributed by atoms with van der Waals surface area (Å²) in [5.41, 5.74) is 0.568. The summed E-state index contributed by atoms with van der Waals surface area (Å²) in [4.78, 5) is 28.6. The fourth-order valence-electron chi connectivity index (χ4n) is 3.13. The van der Waals surface area contributed by atoms with Gasteiger partial charge in [-0.1, -0.05) is 12.1 Å². The van der Waals surface area contributed by atoms with Crippen molar-refractivity contribution in [3.63, 3.8) is 0 Å². The zero-order valence-electron chi connectivity index (χ0n) is 15.0. The van der Waals surface area contributed by atoms with Crippen LogP contribution in [0.5, 0.6) is 5.75 Å². The fourth-order valence-corrected chi connectivity index (χ4v) is 3.13. The highest BCUT2D eigenvalue weighted by Gasteiger charge is 2.25. The first kappa shape index (κ1) is 18.8. The highest BCUT2D eigenvalue weighted by atomic mass is 19.2. The third-order valence-corrected chi connectivity index (χ3v) is 4.57. The van der Waals surface area contributed by atoms with Crippen molar-refractivity contribution in [3.8, 4) is 5.75 Å². The number of nitrogens with zero attached hydrogens (tertiary/aromatic N) is 2. The van der Waals surface area contributed by atoms with E-state index in [0.717, 1.165) is 12.1 Å². The second-order valence-corrected chi connectivity index (χ2v) is 6.27. The first-order valence-electron chi connectivity index (χ1n) is 8.68. The molecular weight excluding hydrogens is 354 g/mol. The molecule has 0 bridgehead atoms. The average Bonchev–Trinajstić information content (AvgIpc) is 2.95. The Morgan fingerprint density at radius 1 is 0.889 bits per heavy atom. The largest absolute Gasteiger partial charge is 0.496 e. The van der Waals surface area contributed by atoms with Gasteiger partial charge in [-0.3, -0.25) is 9.59 Å². The summed E-state index contributed by atoms with van der Waals surface area (Å²) in [7, 11) is 1.51. The van der Waals surface area contributed by atoms with E-state index in [9.17, 15) is 18.4 Å². The third-order valence-electron chi connectivity index (χ3n) is 4.57. The average molecular weight is 374 g/mol. The molecular formula is C20H20F2N2O3. The van der Waals surface area contributed by atoms with Crippen molar-refractivity contribution in [2.24, 2.45) is 0 Å². The van der Waals surface area contributed by atoms with Crippen LogP contribution in [0.3, 0.4) is 0 Å². The molecule has 0 aromatic heterocycles. The molecule has 0 aliphatic carbocycles. The summed E-state index contributed by atoms with van der Waals surface area (Å²) < 4.78 is 31.7. The van der Waals surface area contributed by atoms with Crippen LogP contribution in [0, 0.1) is 11.6 Å². The van der Waals surface area contributed by atoms with Crippen LogP contribution in [0.2, 0.25) is 0 Å². The topological polar surface area (TPSA) is 49.9 Å². The Balaban J connectivity index is 1.70. The first-order chi connectivity index (χ1) is 13.0. The van der Waals surface area contributed by atoms with Crippen LogP contribution in [0.4, 0.5) is 8.78 Å². The minimum Gasteiger partial charge on any atom is -0.496 e. The lowest BCUT2D eigenvalue weighted by Crippen LogP contribution is -2.37. The Hall–Kier alpha value is -2.96. The molecule has 0 atom stereocenters. The zero-order chi connectivity index (χ0) is 19.4. The fraction of sp³-hybridized carbons (Fsp3) is 0.300. The molecule has 7 heteroatoms. The van der Waals surface area contributed by atoms with Gasteiger partial charge in [0.05, 0.1) is 12.7 Å². The molecule has 1 aliphatic heterocycles. The molecule has 0 radical (unpaired) electrons. The molecule has 27 heavy (non-hydrogen) atoms. The molecule has 2 amide bonds. The molecule has 0 N–H and O–H groups in total. The molecule has 2 aromatic rings. The summed E-state index contributed by atoms with van der Waals surface area (Å²) in [6, 6.07) is 10.1. The van der Waals surface area contributed by atoms with Crippen molar-refractivity contribution < 1.29 is 23.1 Å². The van der Waals surface area contributed by atoms with Crippen molar-refractivity contribution in [3.05, 3.63) is 65.2 Å². The second-order valence-electron chi connectivity index (χ2n) is 6.27. The van der Waals surface area contributed by atoms with Crippen LogP contribution < -0.4 is 4.74 Å². The van der Waals surface area contributed by atoms with E-state index in [1.54, 1.807) is 34.1 Å². The molecule has 0 unspecified atom stereocenters. The molecule has 0 saturated carbocycles. The van der Waals surface area contributed by atoms with E-state index in [4.69, 9.17) is 4.74 Å². The Morgan fingerprint density at radius 3 is 2.22 bits per heavy atom. The molecule has 3 rings (SSSR count). The van der Waals surface area contributed by atoms with Gasteiger partial charge in [0.15, 0.2) is 11.6 Å². The normalized spacial score (nSPS) is 14.6. The second kappa shape index (κ2) is 8.16. The minimum atomic E-state index is -1.05. The zero-order valence-corrected chi connectivity index (χ0v) is 15.0. The quantitative estimate of drug-likeness (QED) is 0.830. The van der Waals surface area contributed by atoms with Crippen LogP contribution in [-0.2, 0) is 0 Å². The van der Waals surface area contributed by atoms with Gasteiger partial charge in [-0.2, -0.15) is 0 Å². The van der Waals surface area contributed by atoms with Gasteiger partial charge in [0.1, 0.15) is 5.75 Å². The molecule has 0 spiro atoms. The number of carbonyl (C=O) groups excluding carboxylic acids is 2. The van der Waals surface area contributed by atoms with Crippen molar-refractivity contribution in [2.75, 3.05) is 33.3 Å². The molecule has 2 aromatic carbocycles. The van der Waals surface area contributed by atoms with Crippen LogP contribution >= 0.6 is 0 Å². The van der Waals surface area contributed by atoms with E-state index >= 15 is 0 Å². The maximum Gasteiger partial charge on any atom is 0.257 e. The number of halogens is 2. The van der Waals surface area contributed by atoms with Gasteiger partial charge in [-0.05, 0) is 36.8 Å². The number of hydrogen-bond donors (Lipinski definition) is 0. The molecule has 5 nitrogen and oxygen atoms in total. The summed E-state index contributed by atoms with van der Waals surface area (Å²) in [6.45, 7) is 1.61. The number of rotatable bonds is 3. The van der Waals surface area contributed by atoms with Gasteiger partial charge in [0.25, 0.3) is 11.8 Å². The highest BCUT2D eigenvalue weighted by Crippen LogP contribution is 2.20. The lowest BCUT2D eigenvalue weighted by atomic mass is 10.1. The van der Waals surface area contributed by atoms with E-state index in [-0.39, 0.29) is 17.4 Å². The summed E-state index contributed by atoms with van der Waals surface area (Å²) in [5, 5.41) is 0. The summed E-state index contributed by atoms with van der Waals surface area (Å²) in [6.07, 6.45) is 0.594. The van der Waals surface area contributed by atoms with Gasteiger partial charge in [0, 0.05) is 31.7 Å². The third kappa shape index (κ3) is 4.07. The Bertz CT molecular complexity index is 857. The van der Waals surface area contributed by atoms with E-state index in [2.05, 4.69) is 0 Å². The lowest BCUT2D eigenvalue weighted by molar-refractivity contribution is 0.0716. The van der Waals surface area contributed by atoms with Crippen molar-refractivity contribution >= 4 is 11.8 Å². The Kier molecular flexibility index (Phi) is 5.69. The van der Waals surface area contributed by atoms with Crippen molar-refractivity contribution in [2.45, 2.75) is 6.42 Å². The SMILES string of the molecule is COc1ccccc1C(=O)N1CCCN(C(=O)c2ccc(F)c(F)c2)CC1. The van der Waals surface area contributed by atoms with Gasteiger partial charge >= 0.3 is 0 Å². The Labute approximate surface area is 156 Å². The van der Waals surface area contributed by atoms with Crippen LogP contribution in [-0.4, -0.2) is 54.9 Å². The maximum absolute atomic E-state index is 13.4.